The third-order valence-corrected chi connectivity index (χ3v) is 8.71. The molecule has 186 valence electrons. The Bertz CT molecular complexity index is 1500. The monoisotopic (exact) mass is 520 g/mol. The van der Waals surface area contributed by atoms with Crippen LogP contribution in [0.2, 0.25) is 0 Å². The fourth-order valence-electron chi connectivity index (χ4n) is 4.01. The van der Waals surface area contributed by atoms with E-state index < -0.39 is 20.0 Å². The first-order valence-electron chi connectivity index (χ1n) is 11.4. The Labute approximate surface area is 213 Å². The molecule has 6 nitrogen and oxygen atoms in total. The number of anilines is 2. The van der Waals surface area contributed by atoms with Gasteiger partial charge in [0, 0.05) is 11.1 Å². The van der Waals surface area contributed by atoms with Gasteiger partial charge in [0.25, 0.3) is 20.0 Å². The minimum atomic E-state index is -3.87. The Morgan fingerprint density at radius 1 is 0.472 bits per heavy atom. The third kappa shape index (κ3) is 5.29. The van der Waals surface area contributed by atoms with Gasteiger partial charge in [0.05, 0.1) is 21.2 Å². The van der Waals surface area contributed by atoms with E-state index in [1.807, 2.05) is 39.8 Å². The van der Waals surface area contributed by atoms with Gasteiger partial charge in [-0.25, -0.2) is 16.8 Å². The van der Waals surface area contributed by atoms with Gasteiger partial charge in [-0.05, 0) is 75.2 Å². The zero-order valence-corrected chi connectivity index (χ0v) is 22.2. The van der Waals surface area contributed by atoms with Crippen LogP contribution < -0.4 is 9.44 Å². The van der Waals surface area contributed by atoms with Gasteiger partial charge in [0.1, 0.15) is 0 Å². The molecule has 8 heteroatoms. The molecule has 0 spiro atoms. The normalized spacial score (nSPS) is 11.8. The first kappa shape index (κ1) is 25.5. The summed E-state index contributed by atoms with van der Waals surface area (Å²) in [5.41, 5.74) is 5.43. The van der Waals surface area contributed by atoms with Crippen LogP contribution in [-0.4, -0.2) is 16.8 Å². The van der Waals surface area contributed by atoms with Crippen molar-refractivity contribution in [2.45, 2.75) is 37.5 Å². The highest BCUT2D eigenvalue weighted by Crippen LogP contribution is 2.40. The van der Waals surface area contributed by atoms with Crippen LogP contribution in [0.4, 0.5) is 11.4 Å². The smallest absolute Gasteiger partial charge is 0.261 e. The lowest BCUT2D eigenvalue weighted by molar-refractivity contribution is 0.599. The van der Waals surface area contributed by atoms with E-state index in [1.165, 1.54) is 0 Å². The quantitative estimate of drug-likeness (QED) is 0.304. The molecule has 36 heavy (non-hydrogen) atoms. The van der Waals surface area contributed by atoms with Crippen LogP contribution in [0.5, 0.6) is 0 Å². The molecule has 0 atom stereocenters. The van der Waals surface area contributed by atoms with Crippen molar-refractivity contribution in [3.8, 4) is 11.1 Å². The van der Waals surface area contributed by atoms with Gasteiger partial charge in [-0.1, -0.05) is 59.7 Å². The summed E-state index contributed by atoms with van der Waals surface area (Å²) in [6.45, 7) is 7.51. The van der Waals surface area contributed by atoms with Gasteiger partial charge >= 0.3 is 0 Å². The molecule has 0 bridgehead atoms. The summed E-state index contributed by atoms with van der Waals surface area (Å²) < 4.78 is 58.2. The summed E-state index contributed by atoms with van der Waals surface area (Å²) in [6.07, 6.45) is 0. The first-order chi connectivity index (χ1) is 17.0. The third-order valence-electron chi connectivity index (χ3n) is 5.95. The lowest BCUT2D eigenvalue weighted by Crippen LogP contribution is -2.16. The average molecular weight is 521 g/mol. The summed E-state index contributed by atoms with van der Waals surface area (Å²) in [6, 6.07) is 23.8. The Morgan fingerprint density at radius 3 is 1.14 bits per heavy atom. The molecule has 0 aliphatic carbocycles. The lowest BCUT2D eigenvalue weighted by Gasteiger charge is -2.20. The lowest BCUT2D eigenvalue weighted by atomic mass is 9.94. The second-order valence-corrected chi connectivity index (χ2v) is 12.2. The predicted octanol–water partition coefficient (Wildman–Crippen LogP) is 6.19. The van der Waals surface area contributed by atoms with Gasteiger partial charge in [0.2, 0.25) is 0 Å². The minimum absolute atomic E-state index is 0.144. The standard InChI is InChI=1S/C28H28N2O4S2/c1-19-11-15-23(16-12-19)35(31,32)29-25-9-5-7-21(3)27(25)28-22(4)8-6-10-26(28)30-36(33,34)24-17-13-20(2)14-18-24/h5-18,29-30H,1-4H3. The van der Waals surface area contributed by atoms with E-state index in [0.717, 1.165) is 22.3 Å². The molecule has 4 rings (SSSR count). The van der Waals surface area contributed by atoms with Gasteiger partial charge in [-0.3, -0.25) is 9.44 Å². The highest BCUT2D eigenvalue weighted by molar-refractivity contribution is 7.93. The zero-order valence-electron chi connectivity index (χ0n) is 20.5. The number of nitrogens with one attached hydrogen (secondary N) is 2. The van der Waals surface area contributed by atoms with Crippen molar-refractivity contribution in [1.29, 1.82) is 0 Å². The summed E-state index contributed by atoms with van der Waals surface area (Å²) in [7, 11) is -7.75. The van der Waals surface area contributed by atoms with Crippen molar-refractivity contribution in [3.05, 3.63) is 107 Å². The SMILES string of the molecule is Cc1ccc(S(=O)(=O)Nc2cccc(C)c2-c2c(C)cccc2NS(=O)(=O)c2ccc(C)cc2)cc1. The molecule has 2 N–H and O–H groups in total. The van der Waals surface area contributed by atoms with Crippen LogP contribution in [0.3, 0.4) is 0 Å². The summed E-state index contributed by atoms with van der Waals surface area (Å²) in [4.78, 5) is 0.288. The molecule has 0 radical (unpaired) electrons. The van der Waals surface area contributed by atoms with Crippen molar-refractivity contribution in [2.75, 3.05) is 9.44 Å². The van der Waals surface area contributed by atoms with E-state index >= 15 is 0 Å². The molecule has 0 aliphatic rings. The average Bonchev–Trinajstić information content (AvgIpc) is 2.80. The van der Waals surface area contributed by atoms with Gasteiger partial charge < -0.3 is 0 Å². The van der Waals surface area contributed by atoms with Crippen LogP contribution >= 0.6 is 0 Å². The Balaban J connectivity index is 1.82. The number of benzene rings is 4. The molecular weight excluding hydrogens is 492 g/mol. The molecule has 4 aromatic carbocycles. The van der Waals surface area contributed by atoms with E-state index in [9.17, 15) is 16.8 Å². The van der Waals surface area contributed by atoms with Crippen molar-refractivity contribution in [3.63, 3.8) is 0 Å². The second kappa shape index (κ2) is 9.79. The maximum atomic E-state index is 13.2. The highest BCUT2D eigenvalue weighted by Gasteiger charge is 2.22. The molecule has 0 fully saturated rings. The van der Waals surface area contributed by atoms with Crippen LogP contribution in [-0.2, 0) is 20.0 Å². The Kier molecular flexibility index (Phi) is 6.93. The van der Waals surface area contributed by atoms with Crippen molar-refractivity contribution < 1.29 is 16.8 Å². The van der Waals surface area contributed by atoms with Crippen molar-refractivity contribution >= 4 is 31.4 Å². The molecule has 4 aromatic rings. The number of aryl methyl sites for hydroxylation is 4. The Morgan fingerprint density at radius 2 is 0.806 bits per heavy atom. The summed E-state index contributed by atoms with van der Waals surface area (Å²) in [5, 5.41) is 0. The molecule has 0 aromatic heterocycles. The van der Waals surface area contributed by atoms with E-state index in [-0.39, 0.29) is 9.79 Å². The van der Waals surface area contributed by atoms with E-state index in [1.54, 1.807) is 72.8 Å². The second-order valence-electron chi connectivity index (χ2n) is 8.83. The highest BCUT2D eigenvalue weighted by atomic mass is 32.2. The van der Waals surface area contributed by atoms with E-state index in [2.05, 4.69) is 9.44 Å². The largest absolute Gasteiger partial charge is 0.279 e. The van der Waals surface area contributed by atoms with Crippen LogP contribution in [0.25, 0.3) is 11.1 Å². The fraction of sp³-hybridized carbons (Fsp3) is 0.143. The Hall–Kier alpha value is -3.62. The molecule has 0 saturated heterocycles. The minimum Gasteiger partial charge on any atom is -0.279 e. The molecule has 0 aliphatic heterocycles. The summed E-state index contributed by atoms with van der Waals surface area (Å²) in [5.74, 6) is 0. The molecule has 0 amide bonds. The van der Waals surface area contributed by atoms with Crippen molar-refractivity contribution in [2.24, 2.45) is 0 Å². The zero-order chi connectivity index (χ0) is 26.1. The molecular formula is C28H28N2O4S2. The molecule has 0 unspecified atom stereocenters. The maximum absolute atomic E-state index is 13.2. The maximum Gasteiger partial charge on any atom is 0.261 e. The number of hydrogen-bond acceptors (Lipinski definition) is 4. The number of hydrogen-bond donors (Lipinski definition) is 2. The van der Waals surface area contributed by atoms with Gasteiger partial charge in [-0.15, -0.1) is 0 Å². The molecule has 0 heterocycles. The predicted molar refractivity (Wildman–Crippen MR) is 145 cm³/mol. The van der Waals surface area contributed by atoms with Crippen LogP contribution in [0.15, 0.2) is 94.7 Å². The number of rotatable bonds is 7. The van der Waals surface area contributed by atoms with E-state index in [0.29, 0.717) is 22.5 Å². The van der Waals surface area contributed by atoms with Crippen LogP contribution in [0, 0.1) is 27.7 Å². The topological polar surface area (TPSA) is 92.3 Å². The van der Waals surface area contributed by atoms with Crippen molar-refractivity contribution in [1.82, 2.24) is 0 Å². The van der Waals surface area contributed by atoms with Crippen LogP contribution in [0.1, 0.15) is 22.3 Å². The first-order valence-corrected chi connectivity index (χ1v) is 14.3. The van der Waals surface area contributed by atoms with E-state index in [4.69, 9.17) is 0 Å². The van der Waals surface area contributed by atoms with Gasteiger partial charge in [-0.2, -0.15) is 0 Å². The number of sulfonamides is 2. The summed E-state index contributed by atoms with van der Waals surface area (Å²) >= 11 is 0. The van der Waals surface area contributed by atoms with Gasteiger partial charge in [0.15, 0.2) is 0 Å². The molecule has 0 saturated carbocycles. The fourth-order valence-corrected chi connectivity index (χ4v) is 6.16.